The summed E-state index contributed by atoms with van der Waals surface area (Å²) in [4.78, 5) is 11.4. The Morgan fingerprint density at radius 2 is 0.728 bits per heavy atom. The maximum Gasteiger partial charge on any atom is 0.160 e. The van der Waals surface area contributed by atoms with Crippen molar-refractivity contribution < 1.29 is 0 Å². The Balaban J connectivity index is 0.940. The van der Waals surface area contributed by atoms with Gasteiger partial charge in [-0.2, -0.15) is 0 Å². The lowest BCUT2D eigenvalue weighted by Crippen LogP contribution is -2.15. The van der Waals surface area contributed by atoms with E-state index in [-0.39, 0.29) is 10.8 Å². The highest BCUT2D eigenvalue weighted by Crippen LogP contribution is 2.54. The summed E-state index contributed by atoms with van der Waals surface area (Å²) in [5, 5.41) is 13.5. The van der Waals surface area contributed by atoms with E-state index in [0.717, 1.165) is 44.4 Å². The van der Waals surface area contributed by atoms with Crippen molar-refractivity contribution >= 4 is 75.8 Å². The van der Waals surface area contributed by atoms with E-state index in [4.69, 9.17) is 9.97 Å². The molecule has 2 aromatic heterocycles. The minimum atomic E-state index is -0.242. The standard InChI is InChI=1S/C78H53N3/c1-77(2)66-41-52(31-34-57(66)63-37-48-23-11-13-25-50(48)39-68(63)77)75-65-43-54(33-36-70(65)79-76(80-75)53-32-35-58-64-38-49-24-12-14-26-51(49)40-69(64)78(3,4)67(58)42-53)81-71-44-61(46-19-7-5-8-20-46)55-27-15-17-29-59(55)73(71)74-60-30-18-16-28-56(60)62(45-72(74)81)47-21-9-6-10-22-47/h5-45H,1-4H3. The lowest BCUT2D eigenvalue weighted by Gasteiger charge is -2.23. The van der Waals surface area contributed by atoms with Crippen LogP contribution in [0.1, 0.15) is 49.9 Å². The summed E-state index contributed by atoms with van der Waals surface area (Å²) >= 11 is 0. The molecule has 3 heteroatoms. The van der Waals surface area contributed by atoms with Gasteiger partial charge in [0.1, 0.15) is 0 Å². The topological polar surface area (TPSA) is 30.7 Å². The van der Waals surface area contributed by atoms with Gasteiger partial charge in [0.05, 0.1) is 22.2 Å². The summed E-state index contributed by atoms with van der Waals surface area (Å²) in [5.74, 6) is 0.717. The van der Waals surface area contributed by atoms with Crippen LogP contribution in [0.4, 0.5) is 0 Å². The first-order chi connectivity index (χ1) is 39.7. The number of fused-ring (bicyclic) bond motifs is 16. The lowest BCUT2D eigenvalue weighted by molar-refractivity contribution is 0.661. The molecule has 0 saturated carbocycles. The van der Waals surface area contributed by atoms with E-state index in [1.807, 2.05) is 0 Å². The maximum atomic E-state index is 5.79. The number of aromatic nitrogens is 3. The second kappa shape index (κ2) is 16.8. The van der Waals surface area contributed by atoms with E-state index >= 15 is 0 Å². The smallest absolute Gasteiger partial charge is 0.160 e. The average molecular weight is 1030 g/mol. The highest BCUT2D eigenvalue weighted by molar-refractivity contribution is 6.31. The third-order valence-electron chi connectivity index (χ3n) is 18.5. The molecule has 2 heterocycles. The molecule has 2 aliphatic rings. The molecule has 0 N–H and O–H groups in total. The van der Waals surface area contributed by atoms with Crippen LogP contribution in [0.15, 0.2) is 249 Å². The highest BCUT2D eigenvalue weighted by atomic mass is 15.0. The predicted molar refractivity (Wildman–Crippen MR) is 341 cm³/mol. The summed E-state index contributed by atoms with van der Waals surface area (Å²) in [6, 6.07) is 92.6. The van der Waals surface area contributed by atoms with Gasteiger partial charge in [0.25, 0.3) is 0 Å². The number of hydrogen-bond acceptors (Lipinski definition) is 2. The zero-order valence-electron chi connectivity index (χ0n) is 45.5. The molecule has 15 aromatic rings. The molecule has 2 aliphatic carbocycles. The van der Waals surface area contributed by atoms with Crippen LogP contribution in [0, 0.1) is 0 Å². The van der Waals surface area contributed by atoms with Gasteiger partial charge in [-0.05, 0) is 177 Å². The van der Waals surface area contributed by atoms with Gasteiger partial charge < -0.3 is 4.57 Å². The molecule has 0 spiro atoms. The van der Waals surface area contributed by atoms with E-state index in [1.165, 1.54) is 121 Å². The van der Waals surface area contributed by atoms with E-state index in [1.54, 1.807) is 0 Å². The molecule has 3 nitrogen and oxygen atoms in total. The van der Waals surface area contributed by atoms with Crippen LogP contribution >= 0.6 is 0 Å². The van der Waals surface area contributed by atoms with Gasteiger partial charge in [-0.25, -0.2) is 9.97 Å². The molecule has 0 amide bonds. The van der Waals surface area contributed by atoms with Crippen LogP contribution in [-0.4, -0.2) is 14.5 Å². The lowest BCUT2D eigenvalue weighted by atomic mass is 9.81. The second-order valence-corrected chi connectivity index (χ2v) is 23.7. The zero-order valence-corrected chi connectivity index (χ0v) is 45.5. The molecule has 0 fully saturated rings. The summed E-state index contributed by atoms with van der Waals surface area (Å²) in [5.41, 5.74) is 22.0. The van der Waals surface area contributed by atoms with E-state index < -0.39 is 0 Å². The number of hydrogen-bond donors (Lipinski definition) is 0. The third-order valence-corrected chi connectivity index (χ3v) is 18.5. The highest BCUT2D eigenvalue weighted by Gasteiger charge is 2.38. The van der Waals surface area contributed by atoms with Crippen LogP contribution in [-0.2, 0) is 10.8 Å². The van der Waals surface area contributed by atoms with Gasteiger partial charge in [-0.1, -0.05) is 210 Å². The normalized spacial score (nSPS) is 13.9. The van der Waals surface area contributed by atoms with Crippen molar-refractivity contribution in [2.75, 3.05) is 0 Å². The Morgan fingerprint density at radius 3 is 1.25 bits per heavy atom. The molecular formula is C78H53N3. The van der Waals surface area contributed by atoms with Crippen molar-refractivity contribution in [2.24, 2.45) is 0 Å². The number of nitrogens with zero attached hydrogens (tertiary/aromatic N) is 3. The van der Waals surface area contributed by atoms with Crippen LogP contribution in [0.3, 0.4) is 0 Å². The van der Waals surface area contributed by atoms with Gasteiger partial charge in [-0.3, -0.25) is 0 Å². The molecule has 0 bridgehead atoms. The first kappa shape index (κ1) is 46.0. The molecule has 13 aromatic carbocycles. The molecular weight excluding hydrogens is 979 g/mol. The fraction of sp³-hybridized carbons (Fsp3) is 0.0769. The van der Waals surface area contributed by atoms with Crippen LogP contribution < -0.4 is 0 Å². The Labute approximate surface area is 470 Å². The van der Waals surface area contributed by atoms with E-state index in [0.29, 0.717) is 5.82 Å². The quantitative estimate of drug-likeness (QED) is 0.172. The molecule has 17 rings (SSSR count). The first-order valence-corrected chi connectivity index (χ1v) is 28.4. The zero-order chi connectivity index (χ0) is 53.9. The molecule has 0 atom stereocenters. The molecule has 0 radical (unpaired) electrons. The Bertz CT molecular complexity index is 5080. The van der Waals surface area contributed by atoms with Gasteiger partial charge >= 0.3 is 0 Å². The number of rotatable bonds is 5. The van der Waals surface area contributed by atoms with Crippen molar-refractivity contribution in [1.82, 2.24) is 14.5 Å². The third kappa shape index (κ3) is 6.64. The van der Waals surface area contributed by atoms with E-state index in [9.17, 15) is 0 Å². The largest absolute Gasteiger partial charge is 0.309 e. The second-order valence-electron chi connectivity index (χ2n) is 23.7. The summed E-state index contributed by atoms with van der Waals surface area (Å²) in [6.45, 7) is 9.50. The molecule has 0 saturated heterocycles. The van der Waals surface area contributed by atoms with Gasteiger partial charge in [0.2, 0.25) is 0 Å². The van der Waals surface area contributed by atoms with Crippen molar-refractivity contribution in [3.05, 3.63) is 271 Å². The van der Waals surface area contributed by atoms with Crippen LogP contribution in [0.2, 0.25) is 0 Å². The number of benzene rings is 13. The molecule has 380 valence electrons. The van der Waals surface area contributed by atoms with Crippen molar-refractivity contribution in [3.8, 4) is 72.8 Å². The molecule has 0 aliphatic heterocycles. The van der Waals surface area contributed by atoms with Gasteiger partial charge in [-0.15, -0.1) is 0 Å². The van der Waals surface area contributed by atoms with Crippen molar-refractivity contribution in [1.29, 1.82) is 0 Å². The van der Waals surface area contributed by atoms with Crippen molar-refractivity contribution in [2.45, 2.75) is 38.5 Å². The fourth-order valence-electron chi connectivity index (χ4n) is 14.5. The maximum absolute atomic E-state index is 5.79. The summed E-state index contributed by atoms with van der Waals surface area (Å²) < 4.78 is 2.52. The van der Waals surface area contributed by atoms with Crippen LogP contribution in [0.5, 0.6) is 0 Å². The van der Waals surface area contributed by atoms with Crippen LogP contribution in [0.25, 0.3) is 149 Å². The predicted octanol–water partition coefficient (Wildman–Crippen LogP) is 20.6. The Morgan fingerprint density at radius 1 is 0.296 bits per heavy atom. The van der Waals surface area contributed by atoms with E-state index in [2.05, 4.69) is 281 Å². The minimum absolute atomic E-state index is 0.218. The summed E-state index contributed by atoms with van der Waals surface area (Å²) in [7, 11) is 0. The SMILES string of the molecule is CC1(C)c2cc(-c3nc(-c4ccc5c(c4)C(C)(C)c4cc6ccccc6cc4-5)c4cc(-n5c6cc(-c7ccccc7)c7ccccc7c6c6c7ccccc7c(-c7ccccc7)cc65)ccc4n3)ccc2-c2cc3ccccc3cc21. The van der Waals surface area contributed by atoms with Gasteiger partial charge in [0, 0.05) is 43.8 Å². The monoisotopic (exact) mass is 1030 g/mol. The minimum Gasteiger partial charge on any atom is -0.309 e. The molecule has 81 heavy (non-hydrogen) atoms. The summed E-state index contributed by atoms with van der Waals surface area (Å²) in [6.07, 6.45) is 0. The Hall–Kier alpha value is -9.96. The first-order valence-electron chi connectivity index (χ1n) is 28.4. The molecule has 0 unspecified atom stereocenters. The Kier molecular flexibility index (Phi) is 9.53. The average Bonchev–Trinajstić information content (AvgIpc) is 4.03. The van der Waals surface area contributed by atoms with Gasteiger partial charge in [0.15, 0.2) is 5.82 Å². The fourth-order valence-corrected chi connectivity index (χ4v) is 14.5. The van der Waals surface area contributed by atoms with Crippen molar-refractivity contribution in [3.63, 3.8) is 0 Å².